The molecule has 5 nitrogen and oxygen atoms in total. The van der Waals surface area contributed by atoms with Gasteiger partial charge in [-0.05, 0) is 37.4 Å². The van der Waals surface area contributed by atoms with Crippen LogP contribution in [-0.4, -0.2) is 32.9 Å². The lowest BCUT2D eigenvalue weighted by Crippen LogP contribution is -2.14. The van der Waals surface area contributed by atoms with Gasteiger partial charge < -0.3 is 19.3 Å². The Balaban J connectivity index is 3.10. The molecule has 1 unspecified atom stereocenters. The summed E-state index contributed by atoms with van der Waals surface area (Å²) in [6, 6.07) is 7.17. The van der Waals surface area contributed by atoms with Crippen LogP contribution in [0, 0.1) is 0 Å². The zero-order valence-electron chi connectivity index (χ0n) is 11.7. The van der Waals surface area contributed by atoms with Gasteiger partial charge in [0.2, 0.25) is 0 Å². The average Bonchev–Trinajstić information content (AvgIpc) is 2.36. The zero-order valence-corrected chi connectivity index (χ0v) is 13.5. The molecular formula is C12H21NO4P2. The normalized spacial score (nSPS) is 14.3. The highest BCUT2D eigenvalue weighted by Crippen LogP contribution is 2.66. The highest BCUT2D eigenvalue weighted by atomic mass is 31.2. The fourth-order valence-corrected chi connectivity index (χ4v) is 6.87. The summed E-state index contributed by atoms with van der Waals surface area (Å²) in [5, 5.41) is -0.654. The summed E-state index contributed by atoms with van der Waals surface area (Å²) >= 11 is 0. The van der Waals surface area contributed by atoms with Gasteiger partial charge in [0.05, 0.1) is 7.14 Å². The topological polar surface area (TPSA) is 78.6 Å². The Bertz CT molecular complexity index is 501. The maximum Gasteiger partial charge on any atom is 0.340 e. The first-order valence-electron chi connectivity index (χ1n) is 5.83. The summed E-state index contributed by atoms with van der Waals surface area (Å²) in [5.74, 6) is 0. The van der Waals surface area contributed by atoms with E-state index in [1.807, 2.05) is 12.1 Å². The molecule has 1 atom stereocenters. The predicted octanol–water partition coefficient (Wildman–Crippen LogP) is 3.25. The Morgan fingerprint density at radius 2 is 1.58 bits per heavy atom. The standard InChI is InChI=1S/C12H21NO4P2/c1-16-19(15,17-2)12(18(3,4)14)9-10-5-7-11(13)8-6-10/h5-8,12H,9,13H2,1-4H3. The van der Waals surface area contributed by atoms with E-state index in [2.05, 4.69) is 0 Å². The lowest BCUT2D eigenvalue weighted by Gasteiger charge is -2.27. The van der Waals surface area contributed by atoms with Gasteiger partial charge in [-0.3, -0.25) is 4.57 Å². The molecule has 1 rings (SSSR count). The Kier molecular flexibility index (Phi) is 5.40. The number of nitrogen functional groups attached to an aromatic ring is 1. The lowest BCUT2D eigenvalue weighted by atomic mass is 10.1. The molecule has 0 heterocycles. The lowest BCUT2D eigenvalue weighted by molar-refractivity contribution is 0.272. The Morgan fingerprint density at radius 1 is 1.11 bits per heavy atom. The molecule has 0 fully saturated rings. The van der Waals surface area contributed by atoms with Crippen molar-refractivity contribution in [2.24, 2.45) is 0 Å². The Labute approximate surface area is 114 Å². The Morgan fingerprint density at radius 3 is 1.95 bits per heavy atom. The van der Waals surface area contributed by atoms with E-state index >= 15 is 0 Å². The maximum absolute atomic E-state index is 12.5. The molecule has 108 valence electrons. The molecule has 0 spiro atoms. The van der Waals surface area contributed by atoms with Gasteiger partial charge in [0.25, 0.3) is 0 Å². The third-order valence-electron chi connectivity index (χ3n) is 2.99. The molecule has 0 radical (unpaired) electrons. The minimum Gasteiger partial charge on any atom is -0.399 e. The van der Waals surface area contributed by atoms with Crippen molar-refractivity contribution in [1.29, 1.82) is 0 Å². The minimum absolute atomic E-state index is 0.365. The minimum atomic E-state index is -3.38. The molecule has 1 aromatic carbocycles. The first kappa shape index (κ1) is 16.5. The van der Waals surface area contributed by atoms with Crippen LogP contribution >= 0.6 is 14.7 Å². The van der Waals surface area contributed by atoms with Gasteiger partial charge >= 0.3 is 7.60 Å². The van der Waals surface area contributed by atoms with Crippen LogP contribution < -0.4 is 5.73 Å². The second kappa shape index (κ2) is 6.23. The number of benzene rings is 1. The van der Waals surface area contributed by atoms with Crippen molar-refractivity contribution in [3.05, 3.63) is 29.8 Å². The molecule has 1 aromatic rings. The van der Waals surface area contributed by atoms with Crippen LogP contribution in [0.2, 0.25) is 0 Å². The molecule has 0 aromatic heterocycles. The van der Waals surface area contributed by atoms with E-state index in [1.54, 1.807) is 25.5 Å². The zero-order chi connectivity index (χ0) is 14.7. The second-order valence-electron chi connectivity index (χ2n) is 4.77. The van der Waals surface area contributed by atoms with Crippen LogP contribution in [0.3, 0.4) is 0 Å². The highest BCUT2D eigenvalue weighted by molar-refractivity contribution is 7.77. The van der Waals surface area contributed by atoms with Crippen LogP contribution in [0.15, 0.2) is 24.3 Å². The van der Waals surface area contributed by atoms with Gasteiger partial charge in [0.15, 0.2) is 0 Å². The molecule has 2 N–H and O–H groups in total. The summed E-state index contributed by atoms with van der Waals surface area (Å²) in [6.07, 6.45) is 0.365. The molecule has 19 heavy (non-hydrogen) atoms. The summed E-state index contributed by atoms with van der Waals surface area (Å²) in [5.41, 5.74) is 7.17. The highest BCUT2D eigenvalue weighted by Gasteiger charge is 2.42. The summed E-state index contributed by atoms with van der Waals surface area (Å²) < 4.78 is 34.9. The van der Waals surface area contributed by atoms with Gasteiger partial charge in [-0.2, -0.15) is 0 Å². The number of nitrogens with two attached hydrogens (primary N) is 1. The SMILES string of the molecule is COP(=O)(OC)C(Cc1ccc(N)cc1)P(C)(C)=O. The van der Waals surface area contributed by atoms with Gasteiger partial charge in [0.1, 0.15) is 5.40 Å². The molecule has 0 bridgehead atoms. The van der Waals surface area contributed by atoms with Gasteiger partial charge in [-0.1, -0.05) is 12.1 Å². The van der Waals surface area contributed by atoms with Gasteiger partial charge in [0, 0.05) is 19.9 Å². The smallest absolute Gasteiger partial charge is 0.340 e. The third-order valence-corrected chi connectivity index (χ3v) is 9.06. The first-order valence-corrected chi connectivity index (χ1v) is 10.1. The van der Waals surface area contributed by atoms with Gasteiger partial charge in [-0.25, -0.2) is 0 Å². The van der Waals surface area contributed by atoms with E-state index in [9.17, 15) is 9.13 Å². The molecule has 0 saturated heterocycles. The summed E-state index contributed by atoms with van der Waals surface area (Å²) in [6.45, 7) is 3.19. The molecule has 0 aliphatic heterocycles. The second-order valence-corrected chi connectivity index (χ2v) is 11.1. The molecule has 0 amide bonds. The van der Waals surface area contributed by atoms with Crippen LogP contribution in [0.4, 0.5) is 5.69 Å². The number of hydrogen-bond acceptors (Lipinski definition) is 5. The van der Waals surface area contributed by atoms with Crippen molar-refractivity contribution in [2.75, 3.05) is 33.3 Å². The molecule has 7 heteroatoms. The van der Waals surface area contributed by atoms with E-state index in [0.717, 1.165) is 5.56 Å². The first-order chi connectivity index (χ1) is 8.73. The maximum atomic E-state index is 12.5. The van der Waals surface area contributed by atoms with E-state index < -0.39 is 20.1 Å². The van der Waals surface area contributed by atoms with E-state index in [0.29, 0.717) is 12.1 Å². The average molecular weight is 305 g/mol. The van der Waals surface area contributed by atoms with Crippen LogP contribution in [0.5, 0.6) is 0 Å². The van der Waals surface area contributed by atoms with E-state index in [4.69, 9.17) is 14.8 Å². The monoisotopic (exact) mass is 305 g/mol. The van der Waals surface area contributed by atoms with E-state index in [1.165, 1.54) is 14.2 Å². The van der Waals surface area contributed by atoms with Crippen molar-refractivity contribution in [1.82, 2.24) is 0 Å². The number of anilines is 1. The number of hydrogen-bond donors (Lipinski definition) is 1. The van der Waals surface area contributed by atoms with Crippen molar-refractivity contribution < 1.29 is 18.2 Å². The largest absolute Gasteiger partial charge is 0.399 e. The van der Waals surface area contributed by atoms with Gasteiger partial charge in [-0.15, -0.1) is 0 Å². The van der Waals surface area contributed by atoms with Crippen molar-refractivity contribution in [2.45, 2.75) is 11.8 Å². The van der Waals surface area contributed by atoms with Crippen molar-refractivity contribution >= 4 is 20.4 Å². The Hall–Kier alpha value is -0.600. The molecule has 0 aliphatic carbocycles. The van der Waals surface area contributed by atoms with Crippen LogP contribution in [0.25, 0.3) is 0 Å². The fourth-order valence-electron chi connectivity index (χ4n) is 1.85. The number of rotatable bonds is 6. The van der Waals surface area contributed by atoms with Crippen LogP contribution in [-0.2, 0) is 24.6 Å². The van der Waals surface area contributed by atoms with Crippen molar-refractivity contribution in [3.63, 3.8) is 0 Å². The molecule has 0 aliphatic rings. The van der Waals surface area contributed by atoms with E-state index in [-0.39, 0.29) is 0 Å². The quantitative estimate of drug-likeness (QED) is 0.644. The summed E-state index contributed by atoms with van der Waals surface area (Å²) in [4.78, 5) is 0. The van der Waals surface area contributed by atoms with Crippen molar-refractivity contribution in [3.8, 4) is 0 Å². The van der Waals surface area contributed by atoms with Crippen LogP contribution in [0.1, 0.15) is 5.56 Å². The molecular weight excluding hydrogens is 284 g/mol. The third kappa shape index (κ3) is 4.19. The molecule has 0 saturated carbocycles. The summed E-state index contributed by atoms with van der Waals surface area (Å²) in [7, 11) is -3.41. The fraction of sp³-hybridized carbons (Fsp3) is 0.500. The predicted molar refractivity (Wildman–Crippen MR) is 79.4 cm³/mol.